The van der Waals surface area contributed by atoms with E-state index in [0.29, 0.717) is 10.4 Å². The summed E-state index contributed by atoms with van der Waals surface area (Å²) in [6.45, 7) is 3.71. The number of nitrogens with one attached hydrogen (secondary N) is 1. The fraction of sp³-hybridized carbons (Fsp3) is 0.400. The molecule has 9 heteroatoms. The Balaban J connectivity index is 1.84. The molecule has 1 N–H and O–H groups in total. The zero-order valence-corrected chi connectivity index (χ0v) is 13.0. The molecule has 1 amide bonds. The lowest BCUT2D eigenvalue weighted by molar-refractivity contribution is -0.113. The molecule has 0 aromatic carbocycles. The van der Waals surface area contributed by atoms with Gasteiger partial charge < -0.3 is 4.42 Å². The number of anilines is 1. The Bertz CT molecular complexity index is 562. The van der Waals surface area contributed by atoms with E-state index < -0.39 is 0 Å². The predicted octanol–water partition coefficient (Wildman–Crippen LogP) is 2.60. The quantitative estimate of drug-likeness (QED) is 0.670. The summed E-state index contributed by atoms with van der Waals surface area (Å²) in [6.07, 6.45) is 1.91. The first-order chi connectivity index (χ1) is 9.08. The third-order valence-electron chi connectivity index (χ3n) is 2.16. The highest BCUT2D eigenvalue weighted by molar-refractivity contribution is 8.00. The molecule has 0 radical (unpaired) electrons. The van der Waals surface area contributed by atoms with Gasteiger partial charge in [0.15, 0.2) is 4.34 Å². The monoisotopic (exact) mass is 316 g/mol. The lowest BCUT2D eigenvalue weighted by Crippen LogP contribution is -2.13. The summed E-state index contributed by atoms with van der Waals surface area (Å²) in [6, 6.07) is 0. The third kappa shape index (κ3) is 3.95. The molecule has 6 nitrogen and oxygen atoms in total. The molecule has 2 aromatic heterocycles. The Kier molecular flexibility index (Phi) is 4.83. The molecule has 0 aliphatic rings. The van der Waals surface area contributed by atoms with Crippen molar-refractivity contribution in [2.45, 2.75) is 23.4 Å². The van der Waals surface area contributed by atoms with Crippen molar-refractivity contribution in [3.63, 3.8) is 0 Å². The van der Waals surface area contributed by atoms with E-state index in [-0.39, 0.29) is 11.7 Å². The fourth-order valence-corrected chi connectivity index (χ4v) is 3.03. The van der Waals surface area contributed by atoms with Gasteiger partial charge in [0, 0.05) is 0 Å². The first-order valence-corrected chi connectivity index (χ1v) is 8.35. The van der Waals surface area contributed by atoms with Crippen molar-refractivity contribution in [1.82, 2.24) is 15.2 Å². The van der Waals surface area contributed by atoms with Crippen LogP contribution < -0.4 is 5.32 Å². The second-order valence-electron chi connectivity index (χ2n) is 3.54. The van der Waals surface area contributed by atoms with Crippen molar-refractivity contribution in [3.05, 3.63) is 11.5 Å². The van der Waals surface area contributed by atoms with Crippen LogP contribution in [0.3, 0.4) is 0 Å². The number of oxazole rings is 1. The zero-order valence-electron chi connectivity index (χ0n) is 10.6. The molecule has 2 rings (SSSR count). The minimum atomic E-state index is -0.151. The molecule has 0 aliphatic carbocycles. The maximum absolute atomic E-state index is 11.7. The van der Waals surface area contributed by atoms with E-state index in [0.717, 1.165) is 15.8 Å². The van der Waals surface area contributed by atoms with Crippen LogP contribution in [0.5, 0.6) is 0 Å². The summed E-state index contributed by atoms with van der Waals surface area (Å²) in [5.74, 6) is 0.854. The lowest BCUT2D eigenvalue weighted by atomic mass is 10.4. The van der Waals surface area contributed by atoms with Gasteiger partial charge in [-0.2, -0.15) is 0 Å². The minimum Gasteiger partial charge on any atom is -0.437 e. The van der Waals surface area contributed by atoms with E-state index in [9.17, 15) is 4.79 Å². The zero-order chi connectivity index (χ0) is 13.8. The van der Waals surface area contributed by atoms with Gasteiger partial charge in [-0.3, -0.25) is 10.1 Å². The van der Waals surface area contributed by atoms with Crippen molar-refractivity contribution in [2.75, 3.05) is 17.3 Å². The molecule has 0 saturated heterocycles. The van der Waals surface area contributed by atoms with Gasteiger partial charge in [0.2, 0.25) is 11.0 Å². The summed E-state index contributed by atoms with van der Waals surface area (Å²) in [7, 11) is 0. The number of hydrogen-bond acceptors (Lipinski definition) is 8. The fourth-order valence-electron chi connectivity index (χ4n) is 1.13. The number of rotatable bonds is 5. The second-order valence-corrected chi connectivity index (χ2v) is 6.49. The molecule has 0 spiro atoms. The Morgan fingerprint density at radius 1 is 1.42 bits per heavy atom. The van der Waals surface area contributed by atoms with Gasteiger partial charge in [0.05, 0.1) is 11.4 Å². The summed E-state index contributed by atoms with van der Waals surface area (Å²) in [4.78, 5) is 15.9. The normalized spacial score (nSPS) is 10.7. The standard InChI is InChI=1S/C10H12N4O2S3/c1-5-6(2)16-9(11-5)18-4-7(15)12-8-13-14-10(17-3)19-8/h4H2,1-3H3,(H,12,13,15). The van der Waals surface area contributed by atoms with Crippen molar-refractivity contribution in [1.29, 1.82) is 0 Å². The number of thioether (sulfide) groups is 2. The van der Waals surface area contributed by atoms with Gasteiger partial charge in [-0.05, 0) is 20.1 Å². The topological polar surface area (TPSA) is 80.9 Å². The average molecular weight is 316 g/mol. The van der Waals surface area contributed by atoms with Crippen LogP contribution in [0, 0.1) is 13.8 Å². The number of carbonyl (C=O) groups excluding carboxylic acids is 1. The number of hydrogen-bond donors (Lipinski definition) is 1. The SMILES string of the molecule is CSc1nnc(NC(=O)CSc2nc(C)c(C)o2)s1. The molecular weight excluding hydrogens is 304 g/mol. The van der Waals surface area contributed by atoms with Crippen LogP contribution in [-0.4, -0.2) is 33.1 Å². The summed E-state index contributed by atoms with van der Waals surface area (Å²) >= 11 is 4.10. The van der Waals surface area contributed by atoms with Gasteiger partial charge in [-0.25, -0.2) is 4.98 Å². The first-order valence-electron chi connectivity index (χ1n) is 5.32. The molecular formula is C10H12N4O2S3. The molecule has 0 atom stereocenters. The molecule has 2 aromatic rings. The molecule has 102 valence electrons. The van der Waals surface area contributed by atoms with Crippen LogP contribution in [0.2, 0.25) is 0 Å². The van der Waals surface area contributed by atoms with Crippen LogP contribution >= 0.6 is 34.9 Å². The van der Waals surface area contributed by atoms with Crippen LogP contribution in [0.4, 0.5) is 5.13 Å². The van der Waals surface area contributed by atoms with E-state index >= 15 is 0 Å². The first kappa shape index (κ1) is 14.4. The molecule has 0 bridgehead atoms. The van der Waals surface area contributed by atoms with Crippen LogP contribution in [0.1, 0.15) is 11.5 Å². The number of carbonyl (C=O) groups is 1. The number of nitrogens with zero attached hydrogens (tertiary/aromatic N) is 3. The number of aromatic nitrogens is 3. The summed E-state index contributed by atoms with van der Waals surface area (Å²) in [5.41, 5.74) is 0.844. The summed E-state index contributed by atoms with van der Waals surface area (Å²) < 4.78 is 6.20. The Morgan fingerprint density at radius 3 is 2.79 bits per heavy atom. The molecule has 0 aliphatic heterocycles. The van der Waals surface area contributed by atoms with Gasteiger partial charge in [-0.15, -0.1) is 10.2 Å². The van der Waals surface area contributed by atoms with Crippen molar-refractivity contribution >= 4 is 45.9 Å². The highest BCUT2D eigenvalue weighted by atomic mass is 32.2. The molecule has 19 heavy (non-hydrogen) atoms. The smallest absolute Gasteiger partial charge is 0.256 e. The van der Waals surface area contributed by atoms with E-state index in [4.69, 9.17) is 4.42 Å². The Hall–Kier alpha value is -1.06. The largest absolute Gasteiger partial charge is 0.437 e. The van der Waals surface area contributed by atoms with E-state index in [1.807, 2.05) is 20.1 Å². The maximum Gasteiger partial charge on any atom is 0.256 e. The molecule has 0 saturated carbocycles. The van der Waals surface area contributed by atoms with Gasteiger partial charge in [0.25, 0.3) is 5.22 Å². The second kappa shape index (κ2) is 6.40. The third-order valence-corrected chi connectivity index (χ3v) is 4.81. The average Bonchev–Trinajstić information content (AvgIpc) is 2.95. The lowest BCUT2D eigenvalue weighted by Gasteiger charge is -1.98. The van der Waals surface area contributed by atoms with E-state index in [1.54, 1.807) is 0 Å². The van der Waals surface area contributed by atoms with Crippen molar-refractivity contribution < 1.29 is 9.21 Å². The highest BCUT2D eigenvalue weighted by Crippen LogP contribution is 2.24. The van der Waals surface area contributed by atoms with Crippen LogP contribution in [0.15, 0.2) is 14.0 Å². The van der Waals surface area contributed by atoms with Crippen molar-refractivity contribution in [3.8, 4) is 0 Å². The Morgan fingerprint density at radius 2 is 2.21 bits per heavy atom. The van der Waals surface area contributed by atoms with E-state index in [2.05, 4.69) is 20.5 Å². The van der Waals surface area contributed by atoms with Gasteiger partial charge >= 0.3 is 0 Å². The minimum absolute atomic E-state index is 0.151. The van der Waals surface area contributed by atoms with Gasteiger partial charge in [-0.1, -0.05) is 34.9 Å². The van der Waals surface area contributed by atoms with E-state index in [1.165, 1.54) is 34.9 Å². The maximum atomic E-state index is 11.7. The van der Waals surface area contributed by atoms with Crippen LogP contribution in [-0.2, 0) is 4.79 Å². The molecule has 2 heterocycles. The highest BCUT2D eigenvalue weighted by Gasteiger charge is 2.11. The molecule has 0 unspecified atom stereocenters. The predicted molar refractivity (Wildman–Crippen MR) is 77.0 cm³/mol. The van der Waals surface area contributed by atoms with Gasteiger partial charge in [0.1, 0.15) is 5.76 Å². The van der Waals surface area contributed by atoms with Crippen LogP contribution in [0.25, 0.3) is 0 Å². The molecule has 0 fully saturated rings. The number of amides is 1. The Labute approximate surface area is 122 Å². The number of aryl methyl sites for hydroxylation is 2. The summed E-state index contributed by atoms with van der Waals surface area (Å²) in [5, 5.41) is 11.5. The van der Waals surface area contributed by atoms with Crippen molar-refractivity contribution in [2.24, 2.45) is 0 Å².